The molecule has 0 amide bonds. The Bertz CT molecular complexity index is 796. The molecule has 1 aromatic heterocycles. The average molecular weight is 334 g/mol. The van der Waals surface area contributed by atoms with E-state index in [2.05, 4.69) is 44.9 Å². The van der Waals surface area contributed by atoms with Gasteiger partial charge in [-0.1, -0.05) is 54.3 Å². The molecule has 1 heterocycles. The van der Waals surface area contributed by atoms with Crippen molar-refractivity contribution in [2.75, 3.05) is 0 Å². The molecule has 3 rings (SSSR count). The summed E-state index contributed by atoms with van der Waals surface area (Å²) in [5, 5.41) is 0. The van der Waals surface area contributed by atoms with Gasteiger partial charge in [-0.05, 0) is 40.2 Å². The molecule has 0 saturated heterocycles. The maximum absolute atomic E-state index is 4.47. The van der Waals surface area contributed by atoms with Gasteiger partial charge in [-0.2, -0.15) is 0 Å². The predicted octanol–water partition coefficient (Wildman–Crippen LogP) is 4.91. The standard InChI is InChI=1S/C19H12BrN/c20-18-9-5-4-6-16(18)12-10-15-11-13-19(21-14-15)17-7-2-1-3-8-17/h1-9,11,13-14H. The minimum atomic E-state index is 0.908. The van der Waals surface area contributed by atoms with Gasteiger partial charge in [-0.15, -0.1) is 0 Å². The third-order valence-corrected chi connectivity index (χ3v) is 3.74. The second-order valence-electron chi connectivity index (χ2n) is 4.53. The number of benzene rings is 2. The van der Waals surface area contributed by atoms with E-state index in [1.54, 1.807) is 0 Å². The van der Waals surface area contributed by atoms with Crippen molar-refractivity contribution < 1.29 is 0 Å². The van der Waals surface area contributed by atoms with Gasteiger partial charge in [-0.25, -0.2) is 0 Å². The molecule has 0 spiro atoms. The highest BCUT2D eigenvalue weighted by Crippen LogP contribution is 2.17. The Morgan fingerprint density at radius 1 is 0.762 bits per heavy atom. The van der Waals surface area contributed by atoms with Crippen LogP contribution in [-0.4, -0.2) is 4.98 Å². The Morgan fingerprint density at radius 2 is 1.52 bits per heavy atom. The van der Waals surface area contributed by atoms with E-state index >= 15 is 0 Å². The molecular formula is C19H12BrN. The summed E-state index contributed by atoms with van der Waals surface area (Å²) in [5.41, 5.74) is 3.96. The normalized spacial score (nSPS) is 9.76. The first-order chi connectivity index (χ1) is 10.3. The summed E-state index contributed by atoms with van der Waals surface area (Å²) in [4.78, 5) is 4.47. The van der Waals surface area contributed by atoms with Crippen LogP contribution in [0.5, 0.6) is 0 Å². The summed E-state index contributed by atoms with van der Waals surface area (Å²) in [5.74, 6) is 6.29. The van der Waals surface area contributed by atoms with Crippen molar-refractivity contribution in [3.8, 4) is 23.1 Å². The number of hydrogen-bond acceptors (Lipinski definition) is 1. The monoisotopic (exact) mass is 333 g/mol. The molecule has 1 nitrogen and oxygen atoms in total. The minimum Gasteiger partial charge on any atom is -0.255 e. The number of aromatic nitrogens is 1. The second-order valence-corrected chi connectivity index (χ2v) is 5.38. The Hall–Kier alpha value is -2.37. The molecule has 2 heteroatoms. The molecule has 3 aromatic rings. The number of hydrogen-bond donors (Lipinski definition) is 0. The van der Waals surface area contributed by atoms with E-state index in [4.69, 9.17) is 0 Å². The number of rotatable bonds is 1. The van der Waals surface area contributed by atoms with E-state index in [9.17, 15) is 0 Å². The van der Waals surface area contributed by atoms with Crippen LogP contribution >= 0.6 is 15.9 Å². The van der Waals surface area contributed by atoms with E-state index in [0.717, 1.165) is 26.9 Å². The second kappa shape index (κ2) is 6.39. The van der Waals surface area contributed by atoms with E-state index < -0.39 is 0 Å². The van der Waals surface area contributed by atoms with Crippen molar-refractivity contribution in [2.45, 2.75) is 0 Å². The molecule has 2 aromatic carbocycles. The Labute approximate surface area is 132 Å². The lowest BCUT2D eigenvalue weighted by molar-refractivity contribution is 1.31. The third kappa shape index (κ3) is 3.39. The van der Waals surface area contributed by atoms with E-state index in [-0.39, 0.29) is 0 Å². The summed E-state index contributed by atoms with van der Waals surface area (Å²) in [6.07, 6.45) is 1.81. The van der Waals surface area contributed by atoms with Crippen molar-refractivity contribution in [3.63, 3.8) is 0 Å². The number of nitrogens with zero attached hydrogens (tertiary/aromatic N) is 1. The van der Waals surface area contributed by atoms with Gasteiger partial charge in [0, 0.05) is 27.4 Å². The first kappa shape index (κ1) is 13.6. The van der Waals surface area contributed by atoms with Crippen molar-refractivity contribution in [2.24, 2.45) is 0 Å². The van der Waals surface area contributed by atoms with Crippen LogP contribution in [0.4, 0.5) is 0 Å². The first-order valence-electron chi connectivity index (χ1n) is 6.61. The lowest BCUT2D eigenvalue weighted by atomic mass is 10.1. The fourth-order valence-electron chi connectivity index (χ4n) is 1.95. The molecule has 0 N–H and O–H groups in total. The van der Waals surface area contributed by atoms with Crippen LogP contribution in [0.1, 0.15) is 11.1 Å². The lowest BCUT2D eigenvalue weighted by Crippen LogP contribution is -1.84. The summed E-state index contributed by atoms with van der Waals surface area (Å²) in [7, 11) is 0. The van der Waals surface area contributed by atoms with Crippen LogP contribution < -0.4 is 0 Å². The zero-order valence-corrected chi connectivity index (χ0v) is 12.8. The van der Waals surface area contributed by atoms with Gasteiger partial charge < -0.3 is 0 Å². The van der Waals surface area contributed by atoms with Gasteiger partial charge in [0.1, 0.15) is 0 Å². The van der Waals surface area contributed by atoms with Crippen LogP contribution in [-0.2, 0) is 0 Å². The quantitative estimate of drug-likeness (QED) is 0.576. The lowest BCUT2D eigenvalue weighted by Gasteiger charge is -1.99. The Morgan fingerprint density at radius 3 is 2.24 bits per heavy atom. The van der Waals surface area contributed by atoms with Crippen LogP contribution in [0, 0.1) is 11.8 Å². The molecule has 0 radical (unpaired) electrons. The molecule has 100 valence electrons. The molecule has 21 heavy (non-hydrogen) atoms. The highest BCUT2D eigenvalue weighted by Gasteiger charge is 1.97. The van der Waals surface area contributed by atoms with E-state index in [0.29, 0.717) is 0 Å². The van der Waals surface area contributed by atoms with Gasteiger partial charge in [0.15, 0.2) is 0 Å². The van der Waals surface area contributed by atoms with Crippen LogP contribution in [0.2, 0.25) is 0 Å². The van der Waals surface area contributed by atoms with Gasteiger partial charge in [0.2, 0.25) is 0 Å². The van der Waals surface area contributed by atoms with Gasteiger partial charge in [-0.3, -0.25) is 4.98 Å². The molecule has 0 unspecified atom stereocenters. The SMILES string of the molecule is Brc1ccccc1C#Cc1ccc(-c2ccccc2)nc1. The summed E-state index contributed by atoms with van der Waals surface area (Å²) >= 11 is 3.49. The van der Waals surface area contributed by atoms with Crippen LogP contribution in [0.15, 0.2) is 77.4 Å². The highest BCUT2D eigenvalue weighted by molar-refractivity contribution is 9.10. The van der Waals surface area contributed by atoms with Crippen molar-refractivity contribution >= 4 is 15.9 Å². The largest absolute Gasteiger partial charge is 0.255 e. The number of halogens is 1. The maximum atomic E-state index is 4.47. The molecule has 0 saturated carbocycles. The predicted molar refractivity (Wildman–Crippen MR) is 89.8 cm³/mol. The molecular weight excluding hydrogens is 322 g/mol. The molecule has 0 aliphatic carbocycles. The molecule has 0 atom stereocenters. The van der Waals surface area contributed by atoms with Gasteiger partial charge in [0.25, 0.3) is 0 Å². The van der Waals surface area contributed by atoms with Gasteiger partial charge in [0.05, 0.1) is 5.69 Å². The van der Waals surface area contributed by atoms with E-state index in [1.807, 2.05) is 60.8 Å². The maximum Gasteiger partial charge on any atom is 0.0702 e. The zero-order valence-electron chi connectivity index (χ0n) is 11.3. The molecule has 0 aliphatic rings. The topological polar surface area (TPSA) is 12.9 Å². The number of pyridine rings is 1. The molecule has 0 fully saturated rings. The fraction of sp³-hybridized carbons (Fsp3) is 0. The molecule has 0 bridgehead atoms. The van der Waals surface area contributed by atoms with Gasteiger partial charge >= 0.3 is 0 Å². The van der Waals surface area contributed by atoms with Crippen molar-refractivity contribution in [1.82, 2.24) is 4.98 Å². The summed E-state index contributed by atoms with van der Waals surface area (Å²) in [6, 6.07) is 22.1. The summed E-state index contributed by atoms with van der Waals surface area (Å²) < 4.78 is 1.01. The Kier molecular flexibility index (Phi) is 4.14. The van der Waals surface area contributed by atoms with Crippen LogP contribution in [0.25, 0.3) is 11.3 Å². The Balaban J connectivity index is 1.85. The summed E-state index contributed by atoms with van der Waals surface area (Å²) in [6.45, 7) is 0. The van der Waals surface area contributed by atoms with Crippen LogP contribution in [0.3, 0.4) is 0 Å². The van der Waals surface area contributed by atoms with Crippen molar-refractivity contribution in [1.29, 1.82) is 0 Å². The third-order valence-electron chi connectivity index (χ3n) is 3.05. The highest BCUT2D eigenvalue weighted by atomic mass is 79.9. The van der Waals surface area contributed by atoms with E-state index in [1.165, 1.54) is 0 Å². The fourth-order valence-corrected chi connectivity index (χ4v) is 2.33. The molecule has 0 aliphatic heterocycles. The zero-order chi connectivity index (χ0) is 14.5. The van der Waals surface area contributed by atoms with Crippen molar-refractivity contribution in [3.05, 3.63) is 88.5 Å². The minimum absolute atomic E-state index is 0.908. The average Bonchev–Trinajstić information content (AvgIpc) is 2.55. The smallest absolute Gasteiger partial charge is 0.0702 e. The first-order valence-corrected chi connectivity index (χ1v) is 7.40.